The van der Waals surface area contributed by atoms with Crippen molar-refractivity contribution in [2.24, 2.45) is 5.92 Å². The highest BCUT2D eigenvalue weighted by molar-refractivity contribution is 6.35. The van der Waals surface area contributed by atoms with E-state index in [0.29, 0.717) is 29.0 Å². The maximum Gasteiger partial charge on any atom is 0.253 e. The Kier molecular flexibility index (Phi) is 6.42. The van der Waals surface area contributed by atoms with Gasteiger partial charge in [-0.2, -0.15) is 0 Å². The topological polar surface area (TPSA) is 68.7 Å². The Morgan fingerprint density at radius 3 is 2.84 bits per heavy atom. The van der Waals surface area contributed by atoms with Crippen molar-refractivity contribution in [2.45, 2.75) is 50.7 Å². The molecular formula is C24H33ClN4O2. The van der Waals surface area contributed by atoms with Crippen molar-refractivity contribution in [3.05, 3.63) is 34.9 Å². The first-order chi connectivity index (χ1) is 14.8. The summed E-state index contributed by atoms with van der Waals surface area (Å²) in [5.41, 5.74) is 0.345. The van der Waals surface area contributed by atoms with Crippen LogP contribution in [-0.2, 0) is 0 Å². The molecular weight excluding hydrogens is 412 g/mol. The van der Waals surface area contributed by atoms with Gasteiger partial charge in [0.2, 0.25) is 0 Å². The van der Waals surface area contributed by atoms with Gasteiger partial charge in [-0.1, -0.05) is 31.4 Å². The molecule has 0 spiro atoms. The van der Waals surface area contributed by atoms with Gasteiger partial charge in [0, 0.05) is 31.1 Å². The molecule has 1 aliphatic carbocycles. The van der Waals surface area contributed by atoms with E-state index in [0.717, 1.165) is 55.5 Å². The number of likely N-dealkylation sites (N-methyl/N-ethyl adjacent to an activating group) is 1. The average Bonchev–Trinajstić information content (AvgIpc) is 3.22. The fourth-order valence-corrected chi connectivity index (χ4v) is 5.32. The van der Waals surface area contributed by atoms with Crippen molar-refractivity contribution in [1.82, 2.24) is 15.2 Å². The van der Waals surface area contributed by atoms with Gasteiger partial charge >= 0.3 is 0 Å². The molecule has 1 saturated carbocycles. The molecule has 2 N–H and O–H groups in total. The average molecular weight is 445 g/mol. The summed E-state index contributed by atoms with van der Waals surface area (Å²) in [6, 6.07) is 8.05. The van der Waals surface area contributed by atoms with E-state index in [1.807, 2.05) is 18.2 Å². The van der Waals surface area contributed by atoms with E-state index in [-0.39, 0.29) is 12.5 Å². The van der Waals surface area contributed by atoms with Crippen molar-refractivity contribution in [1.29, 1.82) is 0 Å². The summed E-state index contributed by atoms with van der Waals surface area (Å²) in [6.07, 6.45) is 4.66. The first kappa shape index (κ1) is 22.3. The third-order valence-corrected chi connectivity index (χ3v) is 7.21. The lowest BCUT2D eigenvalue weighted by atomic mass is 9.79. The molecule has 0 unspecified atom stereocenters. The molecule has 2 heterocycles. The molecule has 1 aliphatic heterocycles. The SMILES string of the molecule is C[C@@H]1CCC[C@](O)(CNC(=O)c2c(Cl)ccc3nc(N4CC[C@H](N(C)C)C4)ccc23)C1. The molecule has 7 heteroatoms. The van der Waals surface area contributed by atoms with Crippen molar-refractivity contribution < 1.29 is 9.90 Å². The predicted molar refractivity (Wildman–Crippen MR) is 126 cm³/mol. The molecule has 1 amide bonds. The summed E-state index contributed by atoms with van der Waals surface area (Å²) in [6.45, 7) is 4.31. The Morgan fingerprint density at radius 2 is 2.13 bits per heavy atom. The number of aliphatic hydroxyl groups is 1. The molecule has 1 aromatic heterocycles. The van der Waals surface area contributed by atoms with Crippen LogP contribution in [0.5, 0.6) is 0 Å². The third-order valence-electron chi connectivity index (χ3n) is 6.90. The molecule has 31 heavy (non-hydrogen) atoms. The Morgan fingerprint density at radius 1 is 1.32 bits per heavy atom. The first-order valence-electron chi connectivity index (χ1n) is 11.3. The second-order valence-corrected chi connectivity index (χ2v) is 10.0. The Balaban J connectivity index is 1.53. The van der Waals surface area contributed by atoms with Gasteiger partial charge < -0.3 is 20.2 Å². The maximum atomic E-state index is 13.1. The largest absolute Gasteiger partial charge is 0.388 e. The number of carbonyl (C=O) groups is 1. The van der Waals surface area contributed by atoms with Crippen LogP contribution in [0.25, 0.3) is 10.9 Å². The van der Waals surface area contributed by atoms with Crippen LogP contribution in [0.4, 0.5) is 5.82 Å². The number of hydrogen-bond acceptors (Lipinski definition) is 5. The van der Waals surface area contributed by atoms with E-state index in [2.05, 4.69) is 36.1 Å². The molecule has 1 saturated heterocycles. The fourth-order valence-electron chi connectivity index (χ4n) is 5.07. The van der Waals surface area contributed by atoms with Crippen LogP contribution in [0.1, 0.15) is 49.4 Å². The van der Waals surface area contributed by atoms with Gasteiger partial charge in [0.1, 0.15) is 5.82 Å². The Bertz CT molecular complexity index is 966. The Labute approximate surface area is 189 Å². The molecule has 6 nitrogen and oxygen atoms in total. The number of aromatic nitrogens is 1. The first-order valence-corrected chi connectivity index (χ1v) is 11.6. The van der Waals surface area contributed by atoms with Crippen LogP contribution in [0.2, 0.25) is 5.02 Å². The van der Waals surface area contributed by atoms with Crippen molar-refractivity contribution in [3.63, 3.8) is 0 Å². The number of amides is 1. The number of benzene rings is 1. The lowest BCUT2D eigenvalue weighted by molar-refractivity contribution is -0.0109. The van der Waals surface area contributed by atoms with Crippen LogP contribution >= 0.6 is 11.6 Å². The Hall–Kier alpha value is -1.89. The number of pyridine rings is 1. The van der Waals surface area contributed by atoms with Gasteiger partial charge in [0.15, 0.2) is 0 Å². The van der Waals surface area contributed by atoms with E-state index >= 15 is 0 Å². The van der Waals surface area contributed by atoms with Crippen LogP contribution in [0.15, 0.2) is 24.3 Å². The van der Waals surface area contributed by atoms with E-state index in [4.69, 9.17) is 16.6 Å². The van der Waals surface area contributed by atoms with Gasteiger partial charge in [0.25, 0.3) is 5.91 Å². The maximum absolute atomic E-state index is 13.1. The predicted octanol–water partition coefficient (Wildman–Crippen LogP) is 3.70. The number of rotatable bonds is 5. The van der Waals surface area contributed by atoms with Crippen LogP contribution in [-0.4, -0.2) is 66.3 Å². The number of nitrogens with zero attached hydrogens (tertiary/aromatic N) is 3. The number of nitrogens with one attached hydrogen (secondary N) is 1. The zero-order valence-electron chi connectivity index (χ0n) is 18.7. The minimum absolute atomic E-state index is 0.244. The lowest BCUT2D eigenvalue weighted by Gasteiger charge is -2.35. The number of halogens is 1. The second-order valence-electron chi connectivity index (χ2n) is 9.62. The summed E-state index contributed by atoms with van der Waals surface area (Å²) in [4.78, 5) is 22.4. The van der Waals surface area contributed by atoms with Crippen molar-refractivity contribution in [2.75, 3.05) is 38.6 Å². The highest BCUT2D eigenvalue weighted by atomic mass is 35.5. The highest BCUT2D eigenvalue weighted by Gasteiger charge is 2.33. The molecule has 2 aromatic rings. The zero-order chi connectivity index (χ0) is 22.2. The molecule has 4 rings (SSSR count). The molecule has 0 radical (unpaired) electrons. The summed E-state index contributed by atoms with van der Waals surface area (Å²) in [7, 11) is 4.22. The molecule has 2 aliphatic rings. The molecule has 2 fully saturated rings. The van der Waals surface area contributed by atoms with E-state index in [9.17, 15) is 9.90 Å². The molecule has 1 aromatic carbocycles. The smallest absolute Gasteiger partial charge is 0.253 e. The minimum Gasteiger partial charge on any atom is -0.388 e. The minimum atomic E-state index is -0.839. The van der Waals surface area contributed by atoms with E-state index in [1.165, 1.54) is 0 Å². The van der Waals surface area contributed by atoms with Gasteiger partial charge in [-0.05, 0) is 63.5 Å². The molecule has 0 bridgehead atoms. The van der Waals surface area contributed by atoms with Crippen LogP contribution in [0.3, 0.4) is 0 Å². The standard InChI is InChI=1S/C24H33ClN4O2/c1-16-5-4-11-24(31,13-16)15-26-23(30)22-18-6-9-21(27-20(18)8-7-19(22)25)29-12-10-17(14-29)28(2)3/h6-9,16-17,31H,4-5,10-15H2,1-3H3,(H,26,30)/t16-,17+,24-/m1/s1. The van der Waals surface area contributed by atoms with Crippen molar-refractivity contribution >= 4 is 34.2 Å². The number of hydrogen-bond donors (Lipinski definition) is 2. The number of fused-ring (bicyclic) bond motifs is 1. The number of anilines is 1. The summed E-state index contributed by atoms with van der Waals surface area (Å²) >= 11 is 6.43. The normalized spacial score (nSPS) is 26.6. The van der Waals surface area contributed by atoms with Gasteiger partial charge in [0.05, 0.1) is 21.7 Å². The van der Waals surface area contributed by atoms with E-state index in [1.54, 1.807) is 6.07 Å². The van der Waals surface area contributed by atoms with E-state index < -0.39 is 5.60 Å². The summed E-state index contributed by atoms with van der Waals surface area (Å²) in [5, 5.41) is 14.9. The van der Waals surface area contributed by atoms with Gasteiger partial charge in [-0.3, -0.25) is 4.79 Å². The van der Waals surface area contributed by atoms with Crippen LogP contribution < -0.4 is 10.2 Å². The quantitative estimate of drug-likeness (QED) is 0.735. The molecule has 3 atom stereocenters. The van der Waals surface area contributed by atoms with Gasteiger partial charge in [-0.15, -0.1) is 0 Å². The van der Waals surface area contributed by atoms with Crippen LogP contribution in [0, 0.1) is 5.92 Å². The monoisotopic (exact) mass is 444 g/mol. The summed E-state index contributed by atoms with van der Waals surface area (Å²) < 4.78 is 0. The fraction of sp³-hybridized carbons (Fsp3) is 0.583. The highest BCUT2D eigenvalue weighted by Crippen LogP contribution is 2.32. The third kappa shape index (κ3) is 4.81. The second kappa shape index (κ2) is 8.93. The number of carbonyl (C=O) groups excluding carboxylic acids is 1. The zero-order valence-corrected chi connectivity index (χ0v) is 19.5. The lowest BCUT2D eigenvalue weighted by Crippen LogP contribution is -2.45. The molecule has 168 valence electrons. The summed E-state index contributed by atoms with van der Waals surface area (Å²) in [5.74, 6) is 1.14. The van der Waals surface area contributed by atoms with Crippen molar-refractivity contribution in [3.8, 4) is 0 Å². The van der Waals surface area contributed by atoms with Gasteiger partial charge in [-0.25, -0.2) is 4.98 Å².